The van der Waals surface area contributed by atoms with Gasteiger partial charge in [0.15, 0.2) is 0 Å². The standard InChI is InChI=1S/C18H24N2O/c1-3-5-14-20(15-10-7-6-8-11-15)16-12-9-13-17(18(16)19)21-4-2/h6-13H,3-5,14,19H2,1-2H3. The van der Waals surface area contributed by atoms with Crippen LogP contribution in [0.4, 0.5) is 17.1 Å². The Balaban J connectivity index is 2.39. The first kappa shape index (κ1) is 15.2. The van der Waals surface area contributed by atoms with Crippen LogP contribution in [0.15, 0.2) is 48.5 Å². The summed E-state index contributed by atoms with van der Waals surface area (Å²) in [5.74, 6) is 0.757. The minimum Gasteiger partial charge on any atom is -0.492 e. The van der Waals surface area contributed by atoms with Crippen molar-refractivity contribution in [3.05, 3.63) is 48.5 Å². The van der Waals surface area contributed by atoms with Gasteiger partial charge in [-0.1, -0.05) is 37.6 Å². The van der Waals surface area contributed by atoms with Crippen LogP contribution >= 0.6 is 0 Å². The first-order valence-electron chi connectivity index (χ1n) is 7.61. The number of rotatable bonds is 7. The predicted molar refractivity (Wildman–Crippen MR) is 90.4 cm³/mol. The van der Waals surface area contributed by atoms with Crippen molar-refractivity contribution in [3.8, 4) is 5.75 Å². The second kappa shape index (κ2) is 7.58. The van der Waals surface area contributed by atoms with E-state index in [0.717, 1.165) is 36.5 Å². The maximum Gasteiger partial charge on any atom is 0.144 e. The minimum absolute atomic E-state index is 0.619. The number of para-hydroxylation sites is 2. The van der Waals surface area contributed by atoms with E-state index < -0.39 is 0 Å². The molecule has 2 N–H and O–H groups in total. The van der Waals surface area contributed by atoms with Crippen molar-refractivity contribution in [1.29, 1.82) is 0 Å². The number of hydrogen-bond donors (Lipinski definition) is 1. The van der Waals surface area contributed by atoms with Crippen molar-refractivity contribution in [2.75, 3.05) is 23.8 Å². The number of hydrogen-bond acceptors (Lipinski definition) is 3. The van der Waals surface area contributed by atoms with E-state index in [1.807, 2.05) is 25.1 Å². The Bertz CT molecular complexity index is 554. The molecule has 2 aromatic rings. The smallest absolute Gasteiger partial charge is 0.144 e. The summed E-state index contributed by atoms with van der Waals surface area (Å²) in [5, 5.41) is 0. The van der Waals surface area contributed by atoms with E-state index in [4.69, 9.17) is 10.5 Å². The third kappa shape index (κ3) is 3.69. The fraction of sp³-hybridized carbons (Fsp3) is 0.333. The largest absolute Gasteiger partial charge is 0.492 e. The lowest BCUT2D eigenvalue weighted by molar-refractivity contribution is 0.342. The van der Waals surface area contributed by atoms with Crippen molar-refractivity contribution in [2.24, 2.45) is 0 Å². The zero-order valence-electron chi connectivity index (χ0n) is 12.9. The number of unbranched alkanes of at least 4 members (excludes halogenated alkanes) is 1. The van der Waals surface area contributed by atoms with E-state index in [9.17, 15) is 0 Å². The van der Waals surface area contributed by atoms with Crippen LogP contribution < -0.4 is 15.4 Å². The number of ether oxygens (including phenoxy) is 1. The molecule has 0 radical (unpaired) electrons. The summed E-state index contributed by atoms with van der Waals surface area (Å²) in [5.41, 5.74) is 9.19. The monoisotopic (exact) mass is 284 g/mol. The lowest BCUT2D eigenvalue weighted by Crippen LogP contribution is -2.19. The Hall–Kier alpha value is -2.16. The van der Waals surface area contributed by atoms with Gasteiger partial charge in [-0.25, -0.2) is 0 Å². The highest BCUT2D eigenvalue weighted by Gasteiger charge is 2.14. The normalized spacial score (nSPS) is 10.4. The summed E-state index contributed by atoms with van der Waals surface area (Å²) in [6.07, 6.45) is 2.27. The fourth-order valence-electron chi connectivity index (χ4n) is 2.36. The van der Waals surface area contributed by atoms with Crippen LogP contribution in [0.25, 0.3) is 0 Å². The summed E-state index contributed by atoms with van der Waals surface area (Å²) in [6, 6.07) is 16.3. The summed E-state index contributed by atoms with van der Waals surface area (Å²) < 4.78 is 5.62. The minimum atomic E-state index is 0.619. The highest BCUT2D eigenvalue weighted by molar-refractivity contribution is 5.79. The van der Waals surface area contributed by atoms with Crippen LogP contribution in [-0.4, -0.2) is 13.2 Å². The Morgan fingerprint density at radius 1 is 1.00 bits per heavy atom. The van der Waals surface area contributed by atoms with Gasteiger partial charge in [0.05, 0.1) is 18.0 Å². The number of benzene rings is 2. The molecule has 0 fully saturated rings. The van der Waals surface area contributed by atoms with Crippen LogP contribution in [0, 0.1) is 0 Å². The molecular weight excluding hydrogens is 260 g/mol. The Labute approximate surface area is 127 Å². The van der Waals surface area contributed by atoms with Gasteiger partial charge in [-0.2, -0.15) is 0 Å². The molecule has 0 saturated carbocycles. The molecular formula is C18H24N2O. The van der Waals surface area contributed by atoms with Crippen LogP contribution in [0.3, 0.4) is 0 Å². The molecule has 21 heavy (non-hydrogen) atoms. The van der Waals surface area contributed by atoms with Crippen molar-refractivity contribution >= 4 is 17.1 Å². The predicted octanol–water partition coefficient (Wildman–Crippen LogP) is 4.61. The third-order valence-electron chi connectivity index (χ3n) is 3.44. The molecule has 2 rings (SSSR count). The third-order valence-corrected chi connectivity index (χ3v) is 3.44. The van der Waals surface area contributed by atoms with Gasteiger partial charge in [-0.15, -0.1) is 0 Å². The summed E-state index contributed by atoms with van der Waals surface area (Å²) >= 11 is 0. The Kier molecular flexibility index (Phi) is 5.50. The molecule has 112 valence electrons. The topological polar surface area (TPSA) is 38.5 Å². The van der Waals surface area contributed by atoms with E-state index in [-0.39, 0.29) is 0 Å². The quantitative estimate of drug-likeness (QED) is 0.755. The molecule has 0 unspecified atom stereocenters. The summed E-state index contributed by atoms with van der Waals surface area (Å²) in [6.45, 7) is 5.73. The van der Waals surface area contributed by atoms with Gasteiger partial charge in [-0.05, 0) is 37.6 Å². The molecule has 0 aliphatic carbocycles. The first-order chi connectivity index (χ1) is 10.3. The van der Waals surface area contributed by atoms with E-state index in [1.54, 1.807) is 0 Å². The van der Waals surface area contributed by atoms with Crippen LogP contribution in [-0.2, 0) is 0 Å². The number of anilines is 3. The summed E-state index contributed by atoms with van der Waals surface area (Å²) in [4.78, 5) is 2.27. The van der Waals surface area contributed by atoms with Crippen LogP contribution in [0.2, 0.25) is 0 Å². The average Bonchev–Trinajstić information content (AvgIpc) is 2.52. The van der Waals surface area contributed by atoms with Crippen molar-refractivity contribution < 1.29 is 4.74 Å². The maximum atomic E-state index is 6.31. The highest BCUT2D eigenvalue weighted by Crippen LogP contribution is 2.36. The number of nitrogen functional groups attached to an aromatic ring is 1. The molecule has 0 aromatic heterocycles. The van der Waals surface area contributed by atoms with E-state index in [1.165, 1.54) is 0 Å². The molecule has 0 aliphatic rings. The lowest BCUT2D eigenvalue weighted by atomic mass is 10.1. The fourth-order valence-corrected chi connectivity index (χ4v) is 2.36. The molecule has 3 heteroatoms. The zero-order chi connectivity index (χ0) is 15.1. The van der Waals surface area contributed by atoms with Gasteiger partial charge in [0.25, 0.3) is 0 Å². The number of nitrogens with two attached hydrogens (primary N) is 1. The highest BCUT2D eigenvalue weighted by atomic mass is 16.5. The SMILES string of the molecule is CCCCN(c1ccccc1)c1cccc(OCC)c1N. The van der Waals surface area contributed by atoms with Crippen LogP contribution in [0.1, 0.15) is 26.7 Å². The first-order valence-corrected chi connectivity index (χ1v) is 7.61. The molecule has 2 aromatic carbocycles. The van der Waals surface area contributed by atoms with Crippen molar-refractivity contribution in [3.63, 3.8) is 0 Å². The van der Waals surface area contributed by atoms with Crippen molar-refractivity contribution in [1.82, 2.24) is 0 Å². The van der Waals surface area contributed by atoms with Gasteiger partial charge in [0.2, 0.25) is 0 Å². The van der Waals surface area contributed by atoms with Gasteiger partial charge >= 0.3 is 0 Å². The Morgan fingerprint density at radius 2 is 1.76 bits per heavy atom. The second-order valence-corrected chi connectivity index (χ2v) is 4.96. The Morgan fingerprint density at radius 3 is 2.43 bits per heavy atom. The average molecular weight is 284 g/mol. The second-order valence-electron chi connectivity index (χ2n) is 4.96. The van der Waals surface area contributed by atoms with Gasteiger partial charge in [0, 0.05) is 12.2 Å². The number of nitrogens with zero attached hydrogens (tertiary/aromatic N) is 1. The van der Waals surface area contributed by atoms with Gasteiger partial charge in [-0.3, -0.25) is 0 Å². The van der Waals surface area contributed by atoms with Crippen LogP contribution in [0.5, 0.6) is 5.75 Å². The zero-order valence-corrected chi connectivity index (χ0v) is 12.9. The van der Waals surface area contributed by atoms with E-state index in [0.29, 0.717) is 12.3 Å². The molecule has 0 aliphatic heterocycles. The molecule has 3 nitrogen and oxygen atoms in total. The molecule has 0 bridgehead atoms. The molecule has 0 atom stereocenters. The molecule has 0 heterocycles. The molecule has 0 saturated heterocycles. The summed E-state index contributed by atoms with van der Waals surface area (Å²) in [7, 11) is 0. The van der Waals surface area contributed by atoms with Gasteiger partial charge < -0.3 is 15.4 Å². The van der Waals surface area contributed by atoms with E-state index >= 15 is 0 Å². The van der Waals surface area contributed by atoms with Crippen molar-refractivity contribution in [2.45, 2.75) is 26.7 Å². The molecule has 0 amide bonds. The lowest BCUT2D eigenvalue weighted by Gasteiger charge is -2.27. The van der Waals surface area contributed by atoms with E-state index in [2.05, 4.69) is 42.2 Å². The molecule has 0 spiro atoms. The van der Waals surface area contributed by atoms with Gasteiger partial charge in [0.1, 0.15) is 5.75 Å². The maximum absolute atomic E-state index is 6.31.